The van der Waals surface area contributed by atoms with Crippen molar-refractivity contribution < 1.29 is 9.90 Å². The number of rotatable bonds is 7. The highest BCUT2D eigenvalue weighted by Gasteiger charge is 2.13. The number of hydrogen-bond acceptors (Lipinski definition) is 4. The topological polar surface area (TPSA) is 75.1 Å². The summed E-state index contributed by atoms with van der Waals surface area (Å²) >= 11 is 0. The maximum atomic E-state index is 12.3. The van der Waals surface area contributed by atoms with Gasteiger partial charge in [-0.05, 0) is 51.3 Å². The molecule has 24 heavy (non-hydrogen) atoms. The van der Waals surface area contributed by atoms with Crippen LogP contribution in [-0.2, 0) is 12.8 Å². The van der Waals surface area contributed by atoms with Crippen molar-refractivity contribution in [2.45, 2.75) is 51.7 Å². The minimum absolute atomic E-state index is 0.0240. The van der Waals surface area contributed by atoms with Crippen LogP contribution in [0.1, 0.15) is 48.8 Å². The first-order chi connectivity index (χ1) is 11.3. The van der Waals surface area contributed by atoms with Crippen LogP contribution in [0.5, 0.6) is 0 Å². The molecule has 2 rings (SSSR count). The number of aliphatic hydroxyl groups is 1. The molecule has 1 aromatic carbocycles. The number of nitrogens with one attached hydrogen (secondary N) is 1. The number of hydrogen-bond donors (Lipinski definition) is 2. The van der Waals surface area contributed by atoms with Crippen LogP contribution in [0, 0.1) is 0 Å². The van der Waals surface area contributed by atoms with Crippen molar-refractivity contribution in [2.75, 3.05) is 0 Å². The lowest BCUT2D eigenvalue weighted by atomic mass is 9.98. The summed E-state index contributed by atoms with van der Waals surface area (Å²) in [4.78, 5) is 20.5. The van der Waals surface area contributed by atoms with E-state index >= 15 is 0 Å². The van der Waals surface area contributed by atoms with Crippen LogP contribution in [0.25, 0.3) is 0 Å². The van der Waals surface area contributed by atoms with Gasteiger partial charge in [-0.15, -0.1) is 0 Å². The van der Waals surface area contributed by atoms with E-state index in [2.05, 4.69) is 15.3 Å². The van der Waals surface area contributed by atoms with Crippen molar-refractivity contribution >= 4 is 5.91 Å². The Balaban J connectivity index is 1.88. The number of benzene rings is 1. The normalized spacial score (nSPS) is 12.7. The zero-order valence-corrected chi connectivity index (χ0v) is 14.5. The highest BCUT2D eigenvalue weighted by Crippen LogP contribution is 2.14. The highest BCUT2D eigenvalue weighted by atomic mass is 16.3. The van der Waals surface area contributed by atoms with E-state index < -0.39 is 5.60 Å². The second kappa shape index (κ2) is 8.02. The number of carbonyl (C=O) groups excluding carboxylic acids is 1. The van der Waals surface area contributed by atoms with Gasteiger partial charge in [0.25, 0.3) is 5.91 Å². The fourth-order valence-corrected chi connectivity index (χ4v) is 2.38. The van der Waals surface area contributed by atoms with E-state index in [4.69, 9.17) is 0 Å². The van der Waals surface area contributed by atoms with Crippen LogP contribution in [0.2, 0.25) is 0 Å². The number of aromatic nitrogens is 2. The molecule has 1 aromatic heterocycles. The van der Waals surface area contributed by atoms with Crippen LogP contribution in [0.4, 0.5) is 0 Å². The summed E-state index contributed by atoms with van der Waals surface area (Å²) in [5.74, 6) is -0.0968. The van der Waals surface area contributed by atoms with Crippen LogP contribution in [0.15, 0.2) is 42.9 Å². The first-order valence-electron chi connectivity index (χ1n) is 8.20. The third-order valence-electron chi connectivity index (χ3n) is 3.75. The van der Waals surface area contributed by atoms with Crippen molar-refractivity contribution in [3.05, 3.63) is 59.7 Å². The molecule has 1 heterocycles. The van der Waals surface area contributed by atoms with Gasteiger partial charge in [0.1, 0.15) is 0 Å². The molecular weight excluding hydrogens is 302 g/mol. The second-order valence-electron chi connectivity index (χ2n) is 6.78. The summed E-state index contributed by atoms with van der Waals surface area (Å²) in [5, 5.41) is 12.7. The molecule has 0 unspecified atom stereocenters. The lowest BCUT2D eigenvalue weighted by Crippen LogP contribution is -2.34. The van der Waals surface area contributed by atoms with E-state index in [0.29, 0.717) is 18.4 Å². The minimum Gasteiger partial charge on any atom is -0.390 e. The van der Waals surface area contributed by atoms with Crippen molar-refractivity contribution in [1.82, 2.24) is 15.3 Å². The molecule has 5 heteroatoms. The summed E-state index contributed by atoms with van der Waals surface area (Å²) in [6.45, 7) is 5.55. The molecule has 2 aromatic rings. The molecule has 0 spiro atoms. The summed E-state index contributed by atoms with van der Waals surface area (Å²) < 4.78 is 0. The van der Waals surface area contributed by atoms with Crippen molar-refractivity contribution in [3.63, 3.8) is 0 Å². The average molecular weight is 327 g/mol. The van der Waals surface area contributed by atoms with Gasteiger partial charge in [-0.1, -0.05) is 12.1 Å². The molecule has 0 bridgehead atoms. The molecule has 0 aliphatic carbocycles. The molecule has 2 N–H and O–H groups in total. The van der Waals surface area contributed by atoms with Crippen molar-refractivity contribution in [2.24, 2.45) is 0 Å². The molecule has 1 amide bonds. The quantitative estimate of drug-likeness (QED) is 0.819. The molecular formula is C19H25N3O2. The lowest BCUT2D eigenvalue weighted by Gasteiger charge is -2.17. The molecule has 128 valence electrons. The van der Waals surface area contributed by atoms with Gasteiger partial charge in [-0.25, -0.2) is 0 Å². The third kappa shape index (κ3) is 6.08. The van der Waals surface area contributed by atoms with Crippen LogP contribution >= 0.6 is 0 Å². The number of nitrogens with zero attached hydrogens (tertiary/aromatic N) is 2. The first kappa shape index (κ1) is 18.1. The zero-order chi connectivity index (χ0) is 17.6. The fourth-order valence-electron chi connectivity index (χ4n) is 2.38. The predicted octanol–water partition coefficient (Wildman–Crippen LogP) is 2.54. The molecule has 1 atom stereocenters. The Morgan fingerprint density at radius 3 is 2.54 bits per heavy atom. The van der Waals surface area contributed by atoms with Gasteiger partial charge in [0, 0.05) is 36.6 Å². The Morgan fingerprint density at radius 2 is 1.96 bits per heavy atom. The molecule has 0 saturated carbocycles. The zero-order valence-electron chi connectivity index (χ0n) is 14.5. The molecule has 0 aliphatic heterocycles. The first-order valence-corrected chi connectivity index (χ1v) is 8.20. The van der Waals surface area contributed by atoms with Crippen LogP contribution in [0.3, 0.4) is 0 Å². The van der Waals surface area contributed by atoms with Crippen molar-refractivity contribution in [3.8, 4) is 0 Å². The molecule has 5 nitrogen and oxygen atoms in total. The summed E-state index contributed by atoms with van der Waals surface area (Å²) in [5.41, 5.74) is 1.92. The minimum atomic E-state index is -0.675. The Kier molecular flexibility index (Phi) is 6.04. The van der Waals surface area contributed by atoms with Gasteiger partial charge < -0.3 is 10.4 Å². The van der Waals surface area contributed by atoms with Crippen LogP contribution < -0.4 is 5.32 Å². The second-order valence-corrected chi connectivity index (χ2v) is 6.78. The van der Waals surface area contributed by atoms with Gasteiger partial charge in [0.05, 0.1) is 11.3 Å². The largest absolute Gasteiger partial charge is 0.390 e. The third-order valence-corrected chi connectivity index (χ3v) is 3.75. The maximum Gasteiger partial charge on any atom is 0.251 e. The summed E-state index contributed by atoms with van der Waals surface area (Å²) in [6.07, 6.45) is 7.11. The van der Waals surface area contributed by atoms with E-state index in [1.54, 1.807) is 32.4 Å². The lowest BCUT2D eigenvalue weighted by molar-refractivity contribution is 0.0713. The Hall–Kier alpha value is -2.27. The molecule has 0 fully saturated rings. The van der Waals surface area contributed by atoms with E-state index in [0.717, 1.165) is 17.7 Å². The van der Waals surface area contributed by atoms with E-state index in [1.165, 1.54) is 0 Å². The van der Waals surface area contributed by atoms with E-state index in [1.807, 2.05) is 31.2 Å². The number of aryl methyl sites for hydroxylation is 1. The number of amides is 1. The maximum absolute atomic E-state index is 12.3. The number of carbonyl (C=O) groups is 1. The van der Waals surface area contributed by atoms with Gasteiger partial charge in [-0.2, -0.15) is 0 Å². The van der Waals surface area contributed by atoms with Gasteiger partial charge in [0.15, 0.2) is 0 Å². The Labute approximate surface area is 143 Å². The monoisotopic (exact) mass is 327 g/mol. The average Bonchev–Trinajstić information content (AvgIpc) is 2.53. The van der Waals surface area contributed by atoms with Gasteiger partial charge >= 0.3 is 0 Å². The summed E-state index contributed by atoms with van der Waals surface area (Å²) in [6, 6.07) is 7.50. The standard InChI is InChI=1S/C19H25N3O2/c1-14(12-17-13-20-10-11-21-17)22-18(23)16-6-4-15(5-7-16)8-9-19(2,3)24/h4-7,10-11,13-14,24H,8-9,12H2,1-3H3,(H,22,23)/t14-/m1/s1. The highest BCUT2D eigenvalue weighted by molar-refractivity contribution is 5.94. The Bertz CT molecular complexity index is 649. The van der Waals surface area contributed by atoms with Crippen molar-refractivity contribution in [1.29, 1.82) is 0 Å². The fraction of sp³-hybridized carbons (Fsp3) is 0.421. The Morgan fingerprint density at radius 1 is 1.25 bits per heavy atom. The smallest absolute Gasteiger partial charge is 0.251 e. The summed E-state index contributed by atoms with van der Waals surface area (Å²) in [7, 11) is 0. The van der Waals surface area contributed by atoms with E-state index in [9.17, 15) is 9.90 Å². The molecule has 0 aliphatic rings. The predicted molar refractivity (Wildman–Crippen MR) is 93.7 cm³/mol. The van der Waals surface area contributed by atoms with Crippen LogP contribution in [-0.4, -0.2) is 32.6 Å². The molecule has 0 radical (unpaired) electrons. The SMILES string of the molecule is C[C@H](Cc1cnccn1)NC(=O)c1ccc(CCC(C)(C)O)cc1. The van der Waals surface area contributed by atoms with E-state index in [-0.39, 0.29) is 11.9 Å². The van der Waals surface area contributed by atoms with Gasteiger partial charge in [0.2, 0.25) is 0 Å². The van der Waals surface area contributed by atoms with Gasteiger partial charge in [-0.3, -0.25) is 14.8 Å². The molecule has 0 saturated heterocycles.